The highest BCUT2D eigenvalue weighted by atomic mass is 16.4. The fourth-order valence-electron chi connectivity index (χ4n) is 2.51. The summed E-state index contributed by atoms with van der Waals surface area (Å²) in [5.41, 5.74) is 0.262. The summed E-state index contributed by atoms with van der Waals surface area (Å²) >= 11 is 0. The fraction of sp³-hybridized carbons (Fsp3) is 0.857. The van der Waals surface area contributed by atoms with Crippen molar-refractivity contribution in [3.63, 3.8) is 0 Å². The first kappa shape index (κ1) is 16.6. The number of carboxylic acid groups (broad SMARTS) is 1. The van der Waals surface area contributed by atoms with Crippen molar-refractivity contribution in [3.8, 4) is 0 Å². The smallest absolute Gasteiger partial charge is 0.308 e. The molecule has 0 aromatic carbocycles. The summed E-state index contributed by atoms with van der Waals surface area (Å²) in [6.45, 7) is 12.3. The average Bonchev–Trinajstić information content (AvgIpc) is 2.72. The quantitative estimate of drug-likeness (QED) is 0.867. The lowest BCUT2D eigenvalue weighted by molar-refractivity contribution is -0.142. The molecule has 6 nitrogen and oxygen atoms in total. The van der Waals surface area contributed by atoms with Gasteiger partial charge >= 0.3 is 5.97 Å². The van der Waals surface area contributed by atoms with Crippen LogP contribution in [0.15, 0.2) is 0 Å². The Morgan fingerprint density at radius 1 is 1.30 bits per heavy atom. The monoisotopic (exact) mass is 282 g/mol. The minimum atomic E-state index is -0.832. The van der Waals surface area contributed by atoms with Crippen LogP contribution in [0.4, 0.5) is 0 Å². The maximum Gasteiger partial charge on any atom is 0.308 e. The number of carbonyl (C=O) groups is 1. The van der Waals surface area contributed by atoms with Crippen LogP contribution >= 0.6 is 0 Å². The molecule has 1 heterocycles. The number of tetrazole rings is 1. The van der Waals surface area contributed by atoms with Crippen LogP contribution in [0.5, 0.6) is 0 Å². The fourth-order valence-corrected chi connectivity index (χ4v) is 2.51. The normalized spacial score (nSPS) is 16.7. The molecule has 0 saturated carbocycles. The van der Waals surface area contributed by atoms with Gasteiger partial charge in [-0.3, -0.25) is 4.79 Å². The van der Waals surface area contributed by atoms with Gasteiger partial charge < -0.3 is 5.11 Å². The molecule has 6 heteroatoms. The minimum Gasteiger partial charge on any atom is -0.481 e. The zero-order valence-electron chi connectivity index (χ0n) is 13.3. The third kappa shape index (κ3) is 4.58. The summed E-state index contributed by atoms with van der Waals surface area (Å²) in [6, 6.07) is -0.251. The van der Waals surface area contributed by atoms with E-state index in [0.717, 1.165) is 18.7 Å². The van der Waals surface area contributed by atoms with E-state index in [-0.39, 0.29) is 11.5 Å². The molecular weight excluding hydrogens is 256 g/mol. The van der Waals surface area contributed by atoms with Gasteiger partial charge in [0, 0.05) is 6.42 Å². The summed E-state index contributed by atoms with van der Waals surface area (Å²) in [5, 5.41) is 20.8. The van der Waals surface area contributed by atoms with E-state index >= 15 is 0 Å². The highest BCUT2D eigenvalue weighted by Gasteiger charge is 2.25. The topological polar surface area (TPSA) is 80.9 Å². The van der Waals surface area contributed by atoms with Gasteiger partial charge in [-0.15, -0.1) is 5.10 Å². The van der Waals surface area contributed by atoms with E-state index in [1.165, 1.54) is 0 Å². The van der Waals surface area contributed by atoms with Crippen LogP contribution in [-0.2, 0) is 11.2 Å². The molecule has 0 saturated heterocycles. The van der Waals surface area contributed by atoms with Gasteiger partial charge in [0.1, 0.15) is 0 Å². The predicted molar refractivity (Wildman–Crippen MR) is 76.3 cm³/mol. The van der Waals surface area contributed by atoms with Gasteiger partial charge in [0.25, 0.3) is 0 Å². The van der Waals surface area contributed by atoms with Crippen LogP contribution in [0.25, 0.3) is 0 Å². The number of hydrogen-bond acceptors (Lipinski definition) is 4. The molecule has 0 spiro atoms. The lowest BCUT2D eigenvalue weighted by Crippen LogP contribution is -2.25. The first-order chi connectivity index (χ1) is 9.11. The molecule has 1 aromatic rings. The van der Waals surface area contributed by atoms with Crippen molar-refractivity contribution in [1.29, 1.82) is 0 Å². The lowest BCUT2D eigenvalue weighted by Gasteiger charge is -2.23. The van der Waals surface area contributed by atoms with Crippen molar-refractivity contribution in [3.05, 3.63) is 5.82 Å². The number of aliphatic carboxylic acids is 1. The van der Waals surface area contributed by atoms with E-state index in [9.17, 15) is 4.79 Å². The average molecular weight is 282 g/mol. The van der Waals surface area contributed by atoms with Crippen LogP contribution in [0.2, 0.25) is 0 Å². The van der Waals surface area contributed by atoms with Crippen molar-refractivity contribution in [1.82, 2.24) is 20.2 Å². The number of nitrogens with zero attached hydrogens (tertiary/aromatic N) is 4. The molecule has 0 aliphatic heterocycles. The molecule has 1 rings (SSSR count). The van der Waals surface area contributed by atoms with Crippen LogP contribution < -0.4 is 0 Å². The van der Waals surface area contributed by atoms with Crippen LogP contribution in [-0.4, -0.2) is 31.3 Å². The van der Waals surface area contributed by atoms with Gasteiger partial charge in [-0.2, -0.15) is 0 Å². The molecule has 0 bridgehead atoms. The van der Waals surface area contributed by atoms with E-state index in [0.29, 0.717) is 5.92 Å². The Balaban J connectivity index is 2.79. The van der Waals surface area contributed by atoms with Crippen molar-refractivity contribution < 1.29 is 9.90 Å². The van der Waals surface area contributed by atoms with Crippen molar-refractivity contribution in [2.75, 3.05) is 0 Å². The van der Waals surface area contributed by atoms with Gasteiger partial charge in [-0.05, 0) is 42.0 Å². The summed E-state index contributed by atoms with van der Waals surface area (Å²) < 4.78 is 1.65. The maximum absolute atomic E-state index is 11.1. The van der Waals surface area contributed by atoms with Gasteiger partial charge in [-0.25, -0.2) is 4.68 Å². The Morgan fingerprint density at radius 2 is 1.90 bits per heavy atom. The Morgan fingerprint density at radius 3 is 2.40 bits per heavy atom. The molecule has 0 aliphatic rings. The molecule has 3 unspecified atom stereocenters. The second-order valence-corrected chi connectivity index (χ2v) is 6.98. The largest absolute Gasteiger partial charge is 0.481 e. The number of aromatic nitrogens is 4. The molecule has 114 valence electrons. The van der Waals surface area contributed by atoms with Crippen molar-refractivity contribution in [2.24, 2.45) is 17.3 Å². The maximum atomic E-state index is 11.1. The van der Waals surface area contributed by atoms with Crippen LogP contribution in [0, 0.1) is 17.3 Å². The molecule has 0 radical (unpaired) electrons. The molecule has 1 N–H and O–H groups in total. The van der Waals surface area contributed by atoms with Crippen molar-refractivity contribution in [2.45, 2.75) is 60.4 Å². The Hall–Kier alpha value is -1.46. The molecule has 20 heavy (non-hydrogen) atoms. The Bertz CT molecular complexity index is 450. The number of hydrogen-bond donors (Lipinski definition) is 1. The predicted octanol–water partition coefficient (Wildman–Crippen LogP) is 2.57. The Labute approximate surface area is 120 Å². The lowest BCUT2D eigenvalue weighted by atomic mass is 9.84. The van der Waals surface area contributed by atoms with E-state index in [2.05, 4.69) is 43.2 Å². The van der Waals surface area contributed by atoms with E-state index < -0.39 is 11.9 Å². The highest BCUT2D eigenvalue weighted by Crippen LogP contribution is 2.26. The van der Waals surface area contributed by atoms with Gasteiger partial charge in [0.05, 0.1) is 12.0 Å². The molecule has 0 amide bonds. The van der Waals surface area contributed by atoms with Crippen LogP contribution in [0.3, 0.4) is 0 Å². The summed E-state index contributed by atoms with van der Waals surface area (Å²) in [4.78, 5) is 11.1. The third-order valence-corrected chi connectivity index (χ3v) is 3.55. The van der Waals surface area contributed by atoms with E-state index in [1.807, 2.05) is 6.92 Å². The van der Waals surface area contributed by atoms with E-state index in [4.69, 9.17) is 5.11 Å². The molecule has 1 aromatic heterocycles. The zero-order chi connectivity index (χ0) is 15.5. The second-order valence-electron chi connectivity index (χ2n) is 6.98. The minimum absolute atomic E-state index is 0.251. The zero-order valence-corrected chi connectivity index (χ0v) is 13.3. The summed E-state index contributed by atoms with van der Waals surface area (Å²) in [5.74, 6) is -0.133. The molecule has 0 aliphatic carbocycles. The van der Waals surface area contributed by atoms with Crippen LogP contribution in [0.1, 0.15) is 59.8 Å². The Kier molecular flexibility index (Phi) is 5.25. The number of rotatable bonds is 6. The second kappa shape index (κ2) is 6.33. The highest BCUT2D eigenvalue weighted by molar-refractivity contribution is 5.70. The SMILES string of the molecule is CC(Cc1nnnn1C(C)C(C)C(=O)O)CC(C)(C)C. The first-order valence-electron chi connectivity index (χ1n) is 7.11. The molecule has 0 fully saturated rings. The molecule has 3 atom stereocenters. The number of carboxylic acids is 1. The third-order valence-electron chi connectivity index (χ3n) is 3.55. The molecular formula is C14H26N4O2. The van der Waals surface area contributed by atoms with Gasteiger partial charge in [0.2, 0.25) is 0 Å². The summed E-state index contributed by atoms with van der Waals surface area (Å²) in [7, 11) is 0. The standard InChI is InChI=1S/C14H26N4O2/c1-9(8-14(4,5)6)7-12-15-16-17-18(12)11(3)10(2)13(19)20/h9-11H,7-8H2,1-6H3,(H,19,20). The van der Waals surface area contributed by atoms with Crippen molar-refractivity contribution >= 4 is 5.97 Å². The first-order valence-corrected chi connectivity index (χ1v) is 7.11. The van der Waals surface area contributed by atoms with E-state index in [1.54, 1.807) is 11.6 Å². The van der Waals surface area contributed by atoms with Gasteiger partial charge in [-0.1, -0.05) is 27.7 Å². The summed E-state index contributed by atoms with van der Waals surface area (Å²) in [6.07, 6.45) is 1.84. The van der Waals surface area contributed by atoms with Gasteiger partial charge in [0.15, 0.2) is 5.82 Å².